The number of rotatable bonds is 44. The fraction of sp³-hybridized carbons (Fsp3) is 0.880. The Hall–Kier alpha value is -2.24. The maximum absolute atomic E-state index is 12.9. The largest absolute Gasteiger partial charge is 0.481 e. The standard InChI is InChI=1S/C50H93N3O15P2/c1-5-41(4)32-28-24-20-16-12-8-6-7-9-13-17-21-25-29-33-45(54)63-37-42(66-46(55)34-30-26-22-18-14-10-11-15-19-23-27-31-40(2)3)38-64-69(59,60)68-70(61,62)65-39-43-47(56)48(57)49(67-43)53-36-35-44(51)52-50(53)58/h35-36,40-43,47-49,56-57H,5-34,37-39H2,1-4H3,(H,59,60)(H,61,62)(H2,51,52,58)/t41?,42-,43-,47+,48?,49-/m1/s1. The number of aromatic nitrogens is 2. The van der Waals surface area contributed by atoms with E-state index in [1.807, 2.05) is 0 Å². The van der Waals surface area contributed by atoms with Gasteiger partial charge in [-0.05, 0) is 30.7 Å². The highest BCUT2D eigenvalue weighted by Crippen LogP contribution is 2.60. The van der Waals surface area contributed by atoms with Crippen LogP contribution < -0.4 is 11.4 Å². The second kappa shape index (κ2) is 37.5. The zero-order chi connectivity index (χ0) is 51.6. The van der Waals surface area contributed by atoms with Crippen LogP contribution in [0.1, 0.15) is 227 Å². The predicted molar refractivity (Wildman–Crippen MR) is 270 cm³/mol. The van der Waals surface area contributed by atoms with Gasteiger partial charge in [0.05, 0.1) is 13.2 Å². The fourth-order valence-electron chi connectivity index (χ4n) is 8.36. The van der Waals surface area contributed by atoms with Gasteiger partial charge in [-0.15, -0.1) is 0 Å². The van der Waals surface area contributed by atoms with Crippen LogP contribution in [0.2, 0.25) is 0 Å². The number of phosphoric acid groups is 2. The van der Waals surface area contributed by atoms with Crippen LogP contribution >= 0.6 is 15.6 Å². The molecule has 0 saturated carbocycles. The molecule has 0 bridgehead atoms. The van der Waals surface area contributed by atoms with Crippen LogP contribution in [0, 0.1) is 11.8 Å². The first kappa shape index (κ1) is 63.9. The van der Waals surface area contributed by atoms with E-state index in [0.717, 1.165) is 67.8 Å². The molecule has 0 aliphatic carbocycles. The van der Waals surface area contributed by atoms with Gasteiger partial charge in [-0.1, -0.05) is 195 Å². The van der Waals surface area contributed by atoms with E-state index in [1.54, 1.807) is 0 Å². The molecule has 6 N–H and O–H groups in total. The average Bonchev–Trinajstić information content (AvgIpc) is 3.58. The van der Waals surface area contributed by atoms with Gasteiger partial charge in [-0.3, -0.25) is 23.2 Å². The molecule has 70 heavy (non-hydrogen) atoms. The maximum atomic E-state index is 12.9. The SMILES string of the molecule is CCC(C)CCCCCCCCCCCCCCCCC(=O)OC[C@H](COP(=O)(O)OP(=O)(O)OC[C@H]1O[C@@H](n2ccc(N)nc2=O)C(O)[C@H]1O)OC(=O)CCCCCCCCCCCCCC(C)C. The molecule has 0 amide bonds. The summed E-state index contributed by atoms with van der Waals surface area (Å²) in [6.45, 7) is 6.84. The topological polar surface area (TPSA) is 265 Å². The van der Waals surface area contributed by atoms with Gasteiger partial charge in [0.15, 0.2) is 12.3 Å². The first-order valence-electron chi connectivity index (χ1n) is 26.8. The Morgan fingerprint density at radius 1 is 0.686 bits per heavy atom. The van der Waals surface area contributed by atoms with Crippen molar-refractivity contribution in [1.82, 2.24) is 9.55 Å². The monoisotopic (exact) mass is 1040 g/mol. The third-order valence-electron chi connectivity index (χ3n) is 12.9. The van der Waals surface area contributed by atoms with Crippen molar-refractivity contribution in [2.24, 2.45) is 11.8 Å². The number of carbonyl (C=O) groups is 2. The van der Waals surface area contributed by atoms with Crippen molar-refractivity contribution in [3.8, 4) is 0 Å². The van der Waals surface area contributed by atoms with Crippen LogP contribution in [-0.4, -0.2) is 85.7 Å². The van der Waals surface area contributed by atoms with Crippen molar-refractivity contribution in [2.45, 2.75) is 251 Å². The van der Waals surface area contributed by atoms with E-state index >= 15 is 0 Å². The van der Waals surface area contributed by atoms with Gasteiger partial charge < -0.3 is 39.9 Å². The number of hydrogen-bond donors (Lipinski definition) is 5. The highest BCUT2D eigenvalue weighted by atomic mass is 31.3. The van der Waals surface area contributed by atoms with E-state index in [9.17, 15) is 43.5 Å². The lowest BCUT2D eigenvalue weighted by Crippen LogP contribution is -2.36. The maximum Gasteiger partial charge on any atom is 0.481 e. The van der Waals surface area contributed by atoms with Gasteiger partial charge in [0.25, 0.3) is 0 Å². The number of carbonyl (C=O) groups excluding carboxylic acids is 2. The molecule has 1 aliphatic heterocycles. The van der Waals surface area contributed by atoms with Crippen LogP contribution in [0.25, 0.3) is 0 Å². The van der Waals surface area contributed by atoms with Crippen LogP contribution in [0.4, 0.5) is 5.82 Å². The third-order valence-corrected chi connectivity index (χ3v) is 15.5. The van der Waals surface area contributed by atoms with Crippen molar-refractivity contribution >= 4 is 33.4 Å². The number of unbranched alkanes of at least 4 members (excludes halogenated alkanes) is 23. The minimum absolute atomic E-state index is 0.0562. The highest BCUT2D eigenvalue weighted by Gasteiger charge is 2.46. The molecule has 20 heteroatoms. The first-order chi connectivity index (χ1) is 33.4. The average molecular weight is 1040 g/mol. The summed E-state index contributed by atoms with van der Waals surface area (Å²) in [4.78, 5) is 62.0. The number of aliphatic hydroxyl groups excluding tert-OH is 2. The van der Waals surface area contributed by atoms with E-state index in [4.69, 9.17) is 29.0 Å². The van der Waals surface area contributed by atoms with Crippen molar-refractivity contribution < 1.29 is 66.3 Å². The molecule has 1 aliphatic rings. The summed E-state index contributed by atoms with van der Waals surface area (Å²) in [7, 11) is -10.8. The molecule has 0 spiro atoms. The van der Waals surface area contributed by atoms with Crippen LogP contribution in [0.15, 0.2) is 17.1 Å². The molecule has 8 atom stereocenters. The quantitative estimate of drug-likeness (QED) is 0.0231. The second-order valence-corrected chi connectivity index (χ2v) is 22.9. The Labute approximate surface area is 419 Å². The Balaban J connectivity index is 1.77. The van der Waals surface area contributed by atoms with Crippen LogP contribution in [0.3, 0.4) is 0 Å². The minimum atomic E-state index is -5.42. The molecule has 2 rings (SSSR count). The number of hydrogen-bond acceptors (Lipinski definition) is 15. The Morgan fingerprint density at radius 3 is 1.63 bits per heavy atom. The Morgan fingerprint density at radius 2 is 1.14 bits per heavy atom. The number of nitrogen functional groups attached to an aromatic ring is 1. The zero-order valence-corrected chi connectivity index (χ0v) is 45.0. The summed E-state index contributed by atoms with van der Waals surface area (Å²) in [6.07, 6.45) is 26.1. The number of aliphatic hydroxyl groups is 2. The lowest BCUT2D eigenvalue weighted by atomic mass is 9.99. The number of esters is 2. The summed E-state index contributed by atoms with van der Waals surface area (Å²) in [5, 5.41) is 20.9. The molecule has 2 heterocycles. The normalized spacial score (nSPS) is 19.7. The minimum Gasteiger partial charge on any atom is -0.462 e. The number of nitrogens with two attached hydrogens (primary N) is 1. The number of nitrogens with zero attached hydrogens (tertiary/aromatic N) is 2. The van der Waals surface area contributed by atoms with Gasteiger partial charge >= 0.3 is 33.3 Å². The molecule has 1 fully saturated rings. The van der Waals surface area contributed by atoms with E-state index in [-0.39, 0.29) is 18.7 Å². The summed E-state index contributed by atoms with van der Waals surface area (Å²) < 4.78 is 56.9. The predicted octanol–water partition coefficient (Wildman–Crippen LogP) is 11.2. The molecule has 0 aromatic carbocycles. The molecule has 408 valence electrons. The second-order valence-electron chi connectivity index (χ2n) is 19.8. The van der Waals surface area contributed by atoms with Crippen molar-refractivity contribution in [3.05, 3.63) is 22.7 Å². The molecule has 18 nitrogen and oxygen atoms in total. The first-order valence-corrected chi connectivity index (χ1v) is 29.8. The molecule has 1 aromatic heterocycles. The molecule has 4 unspecified atom stereocenters. The zero-order valence-electron chi connectivity index (χ0n) is 43.2. The summed E-state index contributed by atoms with van der Waals surface area (Å²) >= 11 is 0. The molecular formula is C50H93N3O15P2. The highest BCUT2D eigenvalue weighted by molar-refractivity contribution is 7.61. The van der Waals surface area contributed by atoms with Crippen molar-refractivity contribution in [1.29, 1.82) is 0 Å². The van der Waals surface area contributed by atoms with Gasteiger partial charge in [0, 0.05) is 19.0 Å². The van der Waals surface area contributed by atoms with Crippen molar-refractivity contribution in [3.63, 3.8) is 0 Å². The van der Waals surface area contributed by atoms with E-state index in [0.29, 0.717) is 12.8 Å². The Kier molecular flexibility index (Phi) is 34.2. The number of anilines is 1. The van der Waals surface area contributed by atoms with E-state index in [2.05, 4.69) is 37.0 Å². The fourth-order valence-corrected chi connectivity index (χ4v) is 10.5. The van der Waals surface area contributed by atoms with E-state index < -0.39 is 83.7 Å². The van der Waals surface area contributed by atoms with Gasteiger partial charge in [0.1, 0.15) is 30.7 Å². The third kappa shape index (κ3) is 30.7. The molecular weight excluding hydrogens is 945 g/mol. The smallest absolute Gasteiger partial charge is 0.462 e. The van der Waals surface area contributed by atoms with Crippen molar-refractivity contribution in [2.75, 3.05) is 25.6 Å². The summed E-state index contributed by atoms with van der Waals surface area (Å²) in [5.74, 6) is 0.334. The van der Waals surface area contributed by atoms with Gasteiger partial charge in [-0.25, -0.2) is 13.9 Å². The lowest BCUT2D eigenvalue weighted by Gasteiger charge is -2.21. The number of phosphoric ester groups is 2. The Bertz CT molecular complexity index is 1700. The number of ether oxygens (including phenoxy) is 3. The molecule has 1 aromatic rings. The van der Waals surface area contributed by atoms with Gasteiger partial charge in [-0.2, -0.15) is 9.29 Å². The van der Waals surface area contributed by atoms with Crippen LogP contribution in [0.5, 0.6) is 0 Å². The molecule has 1 saturated heterocycles. The summed E-state index contributed by atoms with van der Waals surface area (Å²) in [5.41, 5.74) is 4.60. The van der Waals surface area contributed by atoms with E-state index in [1.165, 1.54) is 128 Å². The lowest BCUT2D eigenvalue weighted by molar-refractivity contribution is -0.161. The van der Waals surface area contributed by atoms with Gasteiger partial charge in [0.2, 0.25) is 0 Å². The van der Waals surface area contributed by atoms with Crippen LogP contribution in [-0.2, 0) is 46.3 Å². The summed E-state index contributed by atoms with van der Waals surface area (Å²) in [6, 6.07) is 1.25. The molecule has 0 radical (unpaired) electrons.